The number of hydrogen-bond donors (Lipinski definition) is 1. The second kappa shape index (κ2) is 8.06. The van der Waals surface area contributed by atoms with Crippen LogP contribution in [0, 0.1) is 23.7 Å². The first-order valence-corrected chi connectivity index (χ1v) is 10.8. The molecule has 2 saturated carbocycles. The van der Waals surface area contributed by atoms with Gasteiger partial charge in [-0.15, -0.1) is 0 Å². The van der Waals surface area contributed by atoms with E-state index in [-0.39, 0.29) is 35.6 Å². The number of nitrogens with zero attached hydrogens (tertiary/aromatic N) is 1. The van der Waals surface area contributed by atoms with Gasteiger partial charge in [-0.05, 0) is 43.7 Å². The summed E-state index contributed by atoms with van der Waals surface area (Å²) in [5, 5.41) is 3.23. The number of carbonyl (C=O) groups excluding carboxylic acids is 3. The average molecular weight is 383 g/mol. The Morgan fingerprint density at radius 1 is 0.893 bits per heavy atom. The summed E-state index contributed by atoms with van der Waals surface area (Å²) in [6.45, 7) is 2.04. The molecule has 1 aromatic rings. The molecule has 4 rings (SSSR count). The van der Waals surface area contributed by atoms with E-state index in [2.05, 4.69) is 5.32 Å². The van der Waals surface area contributed by atoms with Crippen LogP contribution in [0.25, 0.3) is 0 Å². The van der Waals surface area contributed by atoms with Crippen LogP contribution in [0.3, 0.4) is 0 Å². The number of para-hydroxylation sites is 1. The lowest BCUT2D eigenvalue weighted by Crippen LogP contribution is -2.46. The van der Waals surface area contributed by atoms with Crippen LogP contribution in [0.5, 0.6) is 0 Å². The molecule has 4 unspecified atom stereocenters. The molecule has 3 fully saturated rings. The van der Waals surface area contributed by atoms with Crippen molar-refractivity contribution in [2.24, 2.45) is 23.7 Å². The molecule has 5 nitrogen and oxygen atoms in total. The average Bonchev–Trinajstić information content (AvgIpc) is 2.85. The van der Waals surface area contributed by atoms with E-state index in [0.29, 0.717) is 12.1 Å². The Kier molecular flexibility index (Phi) is 5.51. The molecule has 3 amide bonds. The lowest BCUT2D eigenvalue weighted by Gasteiger charge is -2.34. The molecule has 1 aliphatic heterocycles. The highest BCUT2D eigenvalue weighted by Gasteiger charge is 2.56. The minimum atomic E-state index is -0.526. The predicted molar refractivity (Wildman–Crippen MR) is 107 cm³/mol. The molecule has 28 heavy (non-hydrogen) atoms. The van der Waals surface area contributed by atoms with E-state index in [1.807, 2.05) is 25.1 Å². The summed E-state index contributed by atoms with van der Waals surface area (Å²) in [5.74, 6) is -1.54. The summed E-state index contributed by atoms with van der Waals surface area (Å²) in [6.07, 6.45) is 8.30. The molecule has 0 aromatic heterocycles. The molecule has 3 aliphatic rings. The van der Waals surface area contributed by atoms with Crippen LogP contribution in [-0.4, -0.2) is 23.8 Å². The molecule has 4 atom stereocenters. The summed E-state index contributed by atoms with van der Waals surface area (Å²) in [4.78, 5) is 40.9. The third-order valence-corrected chi connectivity index (χ3v) is 6.93. The molecule has 150 valence electrons. The van der Waals surface area contributed by atoms with Gasteiger partial charge in [0.15, 0.2) is 0 Å². The lowest BCUT2D eigenvalue weighted by atomic mass is 9.68. The number of anilines is 1. The number of carbonyl (C=O) groups is 3. The Morgan fingerprint density at radius 2 is 1.54 bits per heavy atom. The van der Waals surface area contributed by atoms with Crippen molar-refractivity contribution in [2.75, 3.05) is 4.90 Å². The molecular weight excluding hydrogens is 352 g/mol. The monoisotopic (exact) mass is 382 g/mol. The quantitative estimate of drug-likeness (QED) is 0.641. The zero-order valence-corrected chi connectivity index (χ0v) is 16.6. The van der Waals surface area contributed by atoms with E-state index in [0.717, 1.165) is 32.1 Å². The normalized spacial score (nSPS) is 31.4. The Bertz CT molecular complexity index is 739. The number of rotatable bonds is 3. The number of benzene rings is 1. The maximum absolute atomic E-state index is 13.3. The molecule has 0 spiro atoms. The summed E-state index contributed by atoms with van der Waals surface area (Å²) < 4.78 is 0. The first-order valence-electron chi connectivity index (χ1n) is 10.8. The third-order valence-electron chi connectivity index (χ3n) is 6.93. The first kappa shape index (κ1) is 19.2. The Hall–Kier alpha value is -2.17. The number of amides is 3. The van der Waals surface area contributed by atoms with Gasteiger partial charge in [0.25, 0.3) is 0 Å². The van der Waals surface area contributed by atoms with E-state index >= 15 is 0 Å². The van der Waals surface area contributed by atoms with E-state index in [1.54, 1.807) is 12.1 Å². The van der Waals surface area contributed by atoms with Crippen molar-refractivity contribution in [2.45, 2.75) is 64.3 Å². The van der Waals surface area contributed by atoms with Crippen molar-refractivity contribution in [3.8, 4) is 0 Å². The van der Waals surface area contributed by atoms with Gasteiger partial charge in [0, 0.05) is 6.04 Å². The first-order chi connectivity index (χ1) is 13.6. The van der Waals surface area contributed by atoms with Crippen molar-refractivity contribution < 1.29 is 14.4 Å². The van der Waals surface area contributed by atoms with E-state index in [9.17, 15) is 14.4 Å². The predicted octanol–water partition coefficient (Wildman–Crippen LogP) is 3.68. The van der Waals surface area contributed by atoms with Gasteiger partial charge in [-0.3, -0.25) is 19.3 Å². The third kappa shape index (κ3) is 3.47. The molecule has 0 radical (unpaired) electrons. The van der Waals surface area contributed by atoms with Crippen LogP contribution in [0.4, 0.5) is 5.69 Å². The standard InChI is InChI=1S/C23H30N2O3/c1-15-13-14-18(21(26)24-16-9-5-2-3-6-10-16)20-19(15)22(27)25(23(20)28)17-11-7-4-8-12-17/h4,7-8,11-12,15-16,18-20H,2-3,5-6,9-10,13-14H2,1H3,(H,24,26). The second-order valence-electron chi connectivity index (χ2n) is 8.76. The largest absolute Gasteiger partial charge is 0.353 e. The van der Waals surface area contributed by atoms with Crippen LogP contribution >= 0.6 is 0 Å². The van der Waals surface area contributed by atoms with Crippen molar-refractivity contribution in [3.05, 3.63) is 30.3 Å². The van der Waals surface area contributed by atoms with Gasteiger partial charge in [0.05, 0.1) is 23.4 Å². The number of fused-ring (bicyclic) bond motifs is 1. The molecule has 1 N–H and O–H groups in total. The van der Waals surface area contributed by atoms with Crippen molar-refractivity contribution in [1.29, 1.82) is 0 Å². The van der Waals surface area contributed by atoms with E-state index in [4.69, 9.17) is 0 Å². The Morgan fingerprint density at radius 3 is 2.21 bits per heavy atom. The highest BCUT2D eigenvalue weighted by Crippen LogP contribution is 2.46. The minimum Gasteiger partial charge on any atom is -0.353 e. The van der Waals surface area contributed by atoms with Gasteiger partial charge in [-0.25, -0.2) is 0 Å². The molecule has 1 aromatic carbocycles. The number of hydrogen-bond acceptors (Lipinski definition) is 3. The molecule has 1 saturated heterocycles. The fourth-order valence-corrected chi connectivity index (χ4v) is 5.39. The fourth-order valence-electron chi connectivity index (χ4n) is 5.39. The van der Waals surface area contributed by atoms with Crippen molar-refractivity contribution in [1.82, 2.24) is 5.32 Å². The summed E-state index contributed by atoms with van der Waals surface area (Å²) in [5.41, 5.74) is 0.613. The molecule has 0 bridgehead atoms. The van der Waals surface area contributed by atoms with Crippen LogP contribution in [0.2, 0.25) is 0 Å². The van der Waals surface area contributed by atoms with Crippen LogP contribution in [0.1, 0.15) is 58.3 Å². The number of nitrogens with one attached hydrogen (secondary N) is 1. The smallest absolute Gasteiger partial charge is 0.238 e. The van der Waals surface area contributed by atoms with Gasteiger partial charge < -0.3 is 5.32 Å². The van der Waals surface area contributed by atoms with Crippen molar-refractivity contribution >= 4 is 23.4 Å². The molecule has 2 aliphatic carbocycles. The Labute approximate surface area is 166 Å². The van der Waals surface area contributed by atoms with Gasteiger partial charge in [0.1, 0.15) is 0 Å². The molecule has 1 heterocycles. The van der Waals surface area contributed by atoms with Gasteiger partial charge in [-0.1, -0.05) is 50.8 Å². The van der Waals surface area contributed by atoms with Gasteiger partial charge in [0.2, 0.25) is 17.7 Å². The zero-order chi connectivity index (χ0) is 19.7. The summed E-state index contributed by atoms with van der Waals surface area (Å²) in [6, 6.07) is 9.32. The molecular formula is C23H30N2O3. The lowest BCUT2D eigenvalue weighted by molar-refractivity contribution is -0.137. The number of imide groups is 1. The second-order valence-corrected chi connectivity index (χ2v) is 8.76. The van der Waals surface area contributed by atoms with E-state index in [1.165, 1.54) is 17.7 Å². The highest BCUT2D eigenvalue weighted by atomic mass is 16.2. The van der Waals surface area contributed by atoms with Crippen LogP contribution in [-0.2, 0) is 14.4 Å². The summed E-state index contributed by atoms with van der Waals surface area (Å²) in [7, 11) is 0. The zero-order valence-electron chi connectivity index (χ0n) is 16.6. The fraction of sp³-hybridized carbons (Fsp3) is 0.609. The Balaban J connectivity index is 1.56. The van der Waals surface area contributed by atoms with Crippen molar-refractivity contribution in [3.63, 3.8) is 0 Å². The molecule has 5 heteroatoms. The maximum atomic E-state index is 13.3. The minimum absolute atomic E-state index is 0.0233. The van der Waals surface area contributed by atoms with Crippen LogP contribution < -0.4 is 10.2 Å². The van der Waals surface area contributed by atoms with Gasteiger partial charge in [-0.2, -0.15) is 0 Å². The van der Waals surface area contributed by atoms with Gasteiger partial charge >= 0.3 is 0 Å². The topological polar surface area (TPSA) is 66.5 Å². The van der Waals surface area contributed by atoms with Crippen LogP contribution in [0.15, 0.2) is 30.3 Å². The summed E-state index contributed by atoms with van der Waals surface area (Å²) >= 11 is 0. The SMILES string of the molecule is CC1CCC(C(=O)NC2CCCCCC2)C2C(=O)N(c3ccccc3)C(=O)C12. The van der Waals surface area contributed by atoms with E-state index < -0.39 is 11.8 Å². The highest BCUT2D eigenvalue weighted by molar-refractivity contribution is 6.23. The maximum Gasteiger partial charge on any atom is 0.238 e.